The maximum atomic E-state index is 10.8. The molecule has 6 heteroatoms. The summed E-state index contributed by atoms with van der Waals surface area (Å²) in [7, 11) is 1.41. The van der Waals surface area contributed by atoms with Crippen molar-refractivity contribution in [3.63, 3.8) is 0 Å². The van der Waals surface area contributed by atoms with Gasteiger partial charge in [-0.05, 0) is 18.2 Å². The summed E-state index contributed by atoms with van der Waals surface area (Å²) < 4.78 is 6.38. The quantitative estimate of drug-likeness (QED) is 0.574. The first-order valence-corrected chi connectivity index (χ1v) is 6.31. The van der Waals surface area contributed by atoms with E-state index in [0.29, 0.717) is 12.2 Å². The Hall–Kier alpha value is -1.17. The molecule has 0 aliphatic rings. The van der Waals surface area contributed by atoms with E-state index in [1.807, 2.05) is 10.9 Å². The summed E-state index contributed by atoms with van der Waals surface area (Å²) in [5, 5.41) is 4.08. The summed E-state index contributed by atoms with van der Waals surface area (Å²) in [6, 6.07) is 1.78. The van der Waals surface area contributed by atoms with Crippen molar-refractivity contribution in [2.24, 2.45) is 0 Å². The van der Waals surface area contributed by atoms with E-state index in [2.05, 4.69) is 9.84 Å². The molecule has 0 aromatic carbocycles. The van der Waals surface area contributed by atoms with E-state index in [9.17, 15) is 4.79 Å². The van der Waals surface area contributed by atoms with E-state index in [0.717, 1.165) is 24.5 Å². The lowest BCUT2D eigenvalue weighted by Crippen LogP contribution is -2.03. The van der Waals surface area contributed by atoms with Gasteiger partial charge in [0.2, 0.25) is 0 Å². The minimum Gasteiger partial charge on any atom is -0.469 e. The molecule has 0 amide bonds. The molecule has 0 saturated carbocycles. The van der Waals surface area contributed by atoms with Crippen LogP contribution in [0.1, 0.15) is 12.8 Å². The Morgan fingerprint density at radius 3 is 3.06 bits per heavy atom. The van der Waals surface area contributed by atoms with E-state index in [-0.39, 0.29) is 5.97 Å². The van der Waals surface area contributed by atoms with Crippen LogP contribution in [0.4, 0.5) is 5.82 Å². The van der Waals surface area contributed by atoms with Crippen molar-refractivity contribution in [2.45, 2.75) is 19.4 Å². The number of thioether (sulfide) groups is 1. The first-order chi connectivity index (χ1) is 7.72. The number of nitrogens with two attached hydrogens (primary N) is 1. The Bertz CT molecular complexity index is 328. The highest BCUT2D eigenvalue weighted by atomic mass is 32.2. The van der Waals surface area contributed by atoms with Crippen LogP contribution in [0.5, 0.6) is 0 Å². The second-order valence-corrected chi connectivity index (χ2v) is 4.52. The van der Waals surface area contributed by atoms with Gasteiger partial charge in [0, 0.05) is 18.5 Å². The molecule has 0 spiro atoms. The number of hydrogen-bond donors (Lipinski definition) is 1. The summed E-state index contributed by atoms with van der Waals surface area (Å²) in [4.78, 5) is 10.8. The largest absolute Gasteiger partial charge is 0.469 e. The Labute approximate surface area is 99.3 Å². The number of esters is 1. The van der Waals surface area contributed by atoms with E-state index in [4.69, 9.17) is 5.73 Å². The molecule has 0 unspecified atom stereocenters. The number of ether oxygens (including phenoxy) is 1. The summed E-state index contributed by atoms with van der Waals surface area (Å²) in [5.74, 6) is 2.23. The molecule has 5 nitrogen and oxygen atoms in total. The van der Waals surface area contributed by atoms with Gasteiger partial charge >= 0.3 is 5.97 Å². The summed E-state index contributed by atoms with van der Waals surface area (Å²) in [5.41, 5.74) is 5.49. The maximum absolute atomic E-state index is 10.8. The number of aryl methyl sites for hydroxylation is 1. The van der Waals surface area contributed by atoms with Gasteiger partial charge in [0.15, 0.2) is 0 Å². The van der Waals surface area contributed by atoms with Gasteiger partial charge in [-0.2, -0.15) is 16.9 Å². The number of methoxy groups -OCH3 is 1. The highest BCUT2D eigenvalue weighted by molar-refractivity contribution is 7.99. The molecule has 16 heavy (non-hydrogen) atoms. The van der Waals surface area contributed by atoms with Crippen molar-refractivity contribution in [1.82, 2.24) is 9.78 Å². The second kappa shape index (κ2) is 7.16. The van der Waals surface area contributed by atoms with Gasteiger partial charge in [0.05, 0.1) is 13.5 Å². The van der Waals surface area contributed by atoms with Crippen LogP contribution in [0.25, 0.3) is 0 Å². The lowest BCUT2D eigenvalue weighted by atomic mass is 10.5. The molecule has 0 fully saturated rings. The number of nitrogen functional groups attached to an aromatic ring is 1. The van der Waals surface area contributed by atoms with Crippen molar-refractivity contribution in [2.75, 3.05) is 24.3 Å². The Balaban J connectivity index is 1.98. The molecule has 0 atom stereocenters. The number of hydrogen-bond acceptors (Lipinski definition) is 5. The molecule has 0 radical (unpaired) electrons. The molecule has 2 N–H and O–H groups in total. The normalized spacial score (nSPS) is 10.3. The van der Waals surface area contributed by atoms with Crippen LogP contribution in [-0.4, -0.2) is 34.4 Å². The first kappa shape index (κ1) is 12.9. The molecule has 0 aliphatic heterocycles. The summed E-state index contributed by atoms with van der Waals surface area (Å²) in [6.07, 6.45) is 3.37. The fourth-order valence-corrected chi connectivity index (χ4v) is 2.04. The Morgan fingerprint density at radius 1 is 1.62 bits per heavy atom. The van der Waals surface area contributed by atoms with Crippen molar-refractivity contribution in [3.8, 4) is 0 Å². The molecule has 1 aromatic heterocycles. The standard InChI is InChI=1S/C10H17N3O2S/c1-15-10(14)4-8-16-7-2-5-13-6-3-9(11)12-13/h3,6H,2,4-5,7-8H2,1H3,(H2,11,12). The monoisotopic (exact) mass is 243 g/mol. The zero-order valence-electron chi connectivity index (χ0n) is 9.39. The van der Waals surface area contributed by atoms with Crippen molar-refractivity contribution >= 4 is 23.5 Å². The molecule has 0 bridgehead atoms. The highest BCUT2D eigenvalue weighted by Crippen LogP contribution is 2.06. The number of carbonyl (C=O) groups is 1. The smallest absolute Gasteiger partial charge is 0.306 e. The SMILES string of the molecule is COC(=O)CCSCCCn1ccc(N)n1. The number of carbonyl (C=O) groups excluding carboxylic acids is 1. The third kappa shape index (κ3) is 5.06. The number of aromatic nitrogens is 2. The second-order valence-electron chi connectivity index (χ2n) is 3.30. The maximum Gasteiger partial charge on any atom is 0.306 e. The molecule has 90 valence electrons. The number of nitrogens with zero attached hydrogens (tertiary/aromatic N) is 2. The number of rotatable bonds is 7. The fraction of sp³-hybridized carbons (Fsp3) is 0.600. The van der Waals surface area contributed by atoms with Crippen molar-refractivity contribution in [1.29, 1.82) is 0 Å². The third-order valence-electron chi connectivity index (χ3n) is 2.02. The van der Waals surface area contributed by atoms with Gasteiger partial charge in [-0.1, -0.05) is 0 Å². The van der Waals surface area contributed by atoms with Gasteiger partial charge < -0.3 is 10.5 Å². The van der Waals surface area contributed by atoms with E-state index < -0.39 is 0 Å². The van der Waals surface area contributed by atoms with E-state index >= 15 is 0 Å². The average molecular weight is 243 g/mol. The van der Waals surface area contributed by atoms with Crippen LogP contribution in [0, 0.1) is 0 Å². The average Bonchev–Trinajstić information content (AvgIpc) is 2.69. The van der Waals surface area contributed by atoms with Crippen molar-refractivity contribution in [3.05, 3.63) is 12.3 Å². The van der Waals surface area contributed by atoms with Crippen molar-refractivity contribution < 1.29 is 9.53 Å². The topological polar surface area (TPSA) is 70.1 Å². The molecule has 1 heterocycles. The zero-order valence-corrected chi connectivity index (χ0v) is 10.2. The first-order valence-electron chi connectivity index (χ1n) is 5.16. The zero-order chi connectivity index (χ0) is 11.8. The molecule has 1 rings (SSSR count). The summed E-state index contributed by atoms with van der Waals surface area (Å²) >= 11 is 1.75. The van der Waals surface area contributed by atoms with Gasteiger partial charge in [0.1, 0.15) is 5.82 Å². The molecular weight excluding hydrogens is 226 g/mol. The summed E-state index contributed by atoms with van der Waals surface area (Å²) in [6.45, 7) is 0.864. The number of anilines is 1. The van der Waals surface area contributed by atoms with E-state index in [1.54, 1.807) is 17.8 Å². The van der Waals surface area contributed by atoms with Crippen LogP contribution in [0.3, 0.4) is 0 Å². The minimum atomic E-state index is -0.146. The van der Waals surface area contributed by atoms with Crippen LogP contribution in [0.15, 0.2) is 12.3 Å². The van der Waals surface area contributed by atoms with Crippen LogP contribution in [-0.2, 0) is 16.1 Å². The minimum absolute atomic E-state index is 0.146. The van der Waals surface area contributed by atoms with Gasteiger partial charge in [0.25, 0.3) is 0 Å². The van der Waals surface area contributed by atoms with E-state index in [1.165, 1.54) is 7.11 Å². The molecular formula is C10H17N3O2S. The molecule has 0 aliphatic carbocycles. The fourth-order valence-electron chi connectivity index (χ4n) is 1.19. The van der Waals surface area contributed by atoms with Gasteiger partial charge in [-0.15, -0.1) is 0 Å². The third-order valence-corrected chi connectivity index (χ3v) is 3.09. The van der Waals surface area contributed by atoms with Gasteiger partial charge in [-0.3, -0.25) is 9.48 Å². The Morgan fingerprint density at radius 2 is 2.44 bits per heavy atom. The van der Waals surface area contributed by atoms with Crippen LogP contribution >= 0.6 is 11.8 Å². The lowest BCUT2D eigenvalue weighted by Gasteiger charge is -2.02. The molecule has 1 aromatic rings. The predicted molar refractivity (Wildman–Crippen MR) is 65.2 cm³/mol. The van der Waals surface area contributed by atoms with Crippen LogP contribution < -0.4 is 5.73 Å². The highest BCUT2D eigenvalue weighted by Gasteiger charge is 1.99. The lowest BCUT2D eigenvalue weighted by molar-refractivity contribution is -0.140. The Kier molecular flexibility index (Phi) is 5.77. The van der Waals surface area contributed by atoms with Crippen LogP contribution in [0.2, 0.25) is 0 Å². The van der Waals surface area contributed by atoms with Gasteiger partial charge in [-0.25, -0.2) is 0 Å². The predicted octanol–water partition coefficient (Wildman–Crippen LogP) is 1.15. The molecule has 0 saturated heterocycles.